The predicted octanol–water partition coefficient (Wildman–Crippen LogP) is 0.801. The molecule has 4 heteroatoms. The third kappa shape index (κ3) is 5.48. The van der Waals surface area contributed by atoms with Gasteiger partial charge in [0, 0.05) is 13.1 Å². The number of nitrogens with one attached hydrogen (secondary N) is 1. The van der Waals surface area contributed by atoms with Gasteiger partial charge in [-0.1, -0.05) is 30.2 Å². The Morgan fingerprint density at radius 1 is 1.33 bits per heavy atom. The summed E-state index contributed by atoms with van der Waals surface area (Å²) in [6.07, 6.45) is 0. The molecule has 4 nitrogen and oxygen atoms in total. The van der Waals surface area contributed by atoms with Gasteiger partial charge in [-0.3, -0.25) is 4.79 Å². The molecule has 96 valence electrons. The summed E-state index contributed by atoms with van der Waals surface area (Å²) in [5.74, 6) is 5.28. The molecule has 3 N–H and O–H groups in total. The summed E-state index contributed by atoms with van der Waals surface area (Å²) in [5, 5.41) is 2.77. The minimum Gasteiger partial charge on any atom is -0.359 e. The van der Waals surface area contributed by atoms with Crippen molar-refractivity contribution in [3.8, 4) is 11.8 Å². The Morgan fingerprint density at radius 3 is 2.61 bits per heavy atom. The van der Waals surface area contributed by atoms with Crippen LogP contribution in [0.3, 0.4) is 0 Å². The molecule has 0 atom stereocenters. The first kappa shape index (κ1) is 14.2. The second-order valence-electron chi connectivity index (χ2n) is 3.72. The van der Waals surface area contributed by atoms with Crippen molar-refractivity contribution in [2.24, 2.45) is 5.73 Å². The van der Waals surface area contributed by atoms with Gasteiger partial charge in [-0.2, -0.15) is 0 Å². The third-order valence-electron chi connectivity index (χ3n) is 2.33. The van der Waals surface area contributed by atoms with E-state index in [0.29, 0.717) is 13.1 Å². The number of benzene rings is 1. The molecular weight excluding hydrogens is 228 g/mol. The van der Waals surface area contributed by atoms with E-state index in [4.69, 9.17) is 10.5 Å². The highest BCUT2D eigenvalue weighted by atomic mass is 16.5. The maximum atomic E-state index is 11.4. The lowest BCUT2D eigenvalue weighted by molar-refractivity contribution is -0.125. The number of hydrogen-bond acceptors (Lipinski definition) is 3. The first-order valence-corrected chi connectivity index (χ1v) is 5.78. The average molecular weight is 246 g/mol. The Kier molecular flexibility index (Phi) is 6.55. The van der Waals surface area contributed by atoms with Crippen molar-refractivity contribution in [3.05, 3.63) is 35.4 Å². The van der Waals surface area contributed by atoms with Crippen LogP contribution in [0, 0.1) is 11.8 Å². The lowest BCUT2D eigenvalue weighted by Crippen LogP contribution is -2.27. The van der Waals surface area contributed by atoms with Crippen molar-refractivity contribution < 1.29 is 9.53 Å². The Hall–Kier alpha value is -1.83. The summed E-state index contributed by atoms with van der Waals surface area (Å²) >= 11 is 0. The SMILES string of the molecule is CC#CCOCC(=O)NCc1ccc(CN)cc1. The van der Waals surface area contributed by atoms with Crippen LogP contribution in [0.2, 0.25) is 0 Å². The number of nitrogens with two attached hydrogens (primary N) is 1. The van der Waals surface area contributed by atoms with Gasteiger partial charge in [0.1, 0.15) is 13.2 Å². The molecule has 0 spiro atoms. The Balaban J connectivity index is 2.26. The highest BCUT2D eigenvalue weighted by Gasteiger charge is 2.00. The molecule has 1 rings (SSSR count). The van der Waals surface area contributed by atoms with Crippen LogP contribution < -0.4 is 11.1 Å². The summed E-state index contributed by atoms with van der Waals surface area (Å²) < 4.78 is 5.06. The smallest absolute Gasteiger partial charge is 0.246 e. The molecule has 18 heavy (non-hydrogen) atoms. The number of carbonyl (C=O) groups excluding carboxylic acids is 1. The zero-order valence-electron chi connectivity index (χ0n) is 10.5. The Labute approximate surface area is 108 Å². The molecule has 1 aromatic rings. The molecule has 0 saturated heterocycles. The third-order valence-corrected chi connectivity index (χ3v) is 2.33. The summed E-state index contributed by atoms with van der Waals surface area (Å²) in [5.41, 5.74) is 7.62. The maximum absolute atomic E-state index is 11.4. The van der Waals surface area contributed by atoms with E-state index in [9.17, 15) is 4.79 Å². The molecule has 1 amide bonds. The molecule has 0 bridgehead atoms. The summed E-state index contributed by atoms with van der Waals surface area (Å²) in [4.78, 5) is 11.4. The zero-order chi connectivity index (χ0) is 13.2. The van der Waals surface area contributed by atoms with E-state index in [1.807, 2.05) is 24.3 Å². The second kappa shape index (κ2) is 8.29. The molecule has 0 unspecified atom stereocenters. The predicted molar refractivity (Wildman–Crippen MR) is 70.4 cm³/mol. The zero-order valence-corrected chi connectivity index (χ0v) is 10.5. The lowest BCUT2D eigenvalue weighted by atomic mass is 10.1. The molecular formula is C14H18N2O2. The topological polar surface area (TPSA) is 64.3 Å². The van der Waals surface area contributed by atoms with E-state index >= 15 is 0 Å². The average Bonchev–Trinajstić information content (AvgIpc) is 2.42. The number of rotatable bonds is 6. The van der Waals surface area contributed by atoms with Gasteiger partial charge >= 0.3 is 0 Å². The fourth-order valence-corrected chi connectivity index (χ4v) is 1.31. The van der Waals surface area contributed by atoms with Crippen molar-refractivity contribution in [2.75, 3.05) is 13.2 Å². The Bertz CT molecular complexity index is 429. The largest absolute Gasteiger partial charge is 0.359 e. The normalized spacial score (nSPS) is 9.44. The van der Waals surface area contributed by atoms with E-state index < -0.39 is 0 Å². The highest BCUT2D eigenvalue weighted by molar-refractivity contribution is 5.77. The van der Waals surface area contributed by atoms with Crippen molar-refractivity contribution in [2.45, 2.75) is 20.0 Å². The van der Waals surface area contributed by atoms with Gasteiger partial charge in [-0.15, -0.1) is 5.92 Å². The molecule has 0 aliphatic rings. The van der Waals surface area contributed by atoms with Crippen LogP contribution in [0.25, 0.3) is 0 Å². The molecule has 1 aromatic carbocycles. The van der Waals surface area contributed by atoms with Crippen LogP contribution in [-0.2, 0) is 22.6 Å². The monoisotopic (exact) mass is 246 g/mol. The molecule has 0 aromatic heterocycles. The van der Waals surface area contributed by atoms with Crippen LogP contribution in [0.15, 0.2) is 24.3 Å². The Morgan fingerprint density at radius 2 is 2.00 bits per heavy atom. The minimum atomic E-state index is -0.143. The fourth-order valence-electron chi connectivity index (χ4n) is 1.31. The van der Waals surface area contributed by atoms with Crippen LogP contribution in [0.4, 0.5) is 0 Å². The molecule has 0 fully saturated rings. The standard InChI is InChI=1S/C14H18N2O2/c1-2-3-8-18-11-14(17)16-10-13-6-4-12(9-15)5-7-13/h4-7H,8-11,15H2,1H3,(H,16,17). The van der Waals surface area contributed by atoms with E-state index in [1.165, 1.54) is 0 Å². The molecule has 0 heterocycles. The van der Waals surface area contributed by atoms with Crippen molar-refractivity contribution in [1.82, 2.24) is 5.32 Å². The molecule has 0 saturated carbocycles. The van der Waals surface area contributed by atoms with Crippen molar-refractivity contribution in [3.63, 3.8) is 0 Å². The second-order valence-corrected chi connectivity index (χ2v) is 3.72. The molecule has 0 aliphatic carbocycles. The van der Waals surface area contributed by atoms with Gasteiger partial charge in [-0.05, 0) is 18.1 Å². The first-order valence-electron chi connectivity index (χ1n) is 5.78. The van der Waals surface area contributed by atoms with Crippen LogP contribution in [0.5, 0.6) is 0 Å². The van der Waals surface area contributed by atoms with Crippen LogP contribution >= 0.6 is 0 Å². The molecule has 0 aliphatic heterocycles. The van der Waals surface area contributed by atoms with Gasteiger partial charge < -0.3 is 15.8 Å². The summed E-state index contributed by atoms with van der Waals surface area (Å²) in [6, 6.07) is 7.81. The fraction of sp³-hybridized carbons (Fsp3) is 0.357. The van der Waals surface area contributed by atoms with Crippen molar-refractivity contribution in [1.29, 1.82) is 0 Å². The number of ether oxygens (including phenoxy) is 1. The molecule has 0 radical (unpaired) electrons. The maximum Gasteiger partial charge on any atom is 0.246 e. The summed E-state index contributed by atoms with van der Waals surface area (Å²) in [6.45, 7) is 3.07. The van der Waals surface area contributed by atoms with E-state index in [1.54, 1.807) is 6.92 Å². The van der Waals surface area contributed by atoms with Crippen LogP contribution in [-0.4, -0.2) is 19.1 Å². The van der Waals surface area contributed by atoms with E-state index in [-0.39, 0.29) is 19.1 Å². The lowest BCUT2D eigenvalue weighted by Gasteiger charge is -2.05. The minimum absolute atomic E-state index is 0.0373. The van der Waals surface area contributed by atoms with E-state index in [0.717, 1.165) is 11.1 Å². The van der Waals surface area contributed by atoms with Crippen LogP contribution in [0.1, 0.15) is 18.1 Å². The van der Waals surface area contributed by atoms with Gasteiger partial charge in [-0.25, -0.2) is 0 Å². The highest BCUT2D eigenvalue weighted by Crippen LogP contribution is 2.03. The first-order chi connectivity index (χ1) is 8.76. The van der Waals surface area contributed by atoms with Crippen molar-refractivity contribution >= 4 is 5.91 Å². The van der Waals surface area contributed by atoms with Gasteiger partial charge in [0.05, 0.1) is 0 Å². The number of carbonyl (C=O) groups is 1. The summed E-state index contributed by atoms with van der Waals surface area (Å²) in [7, 11) is 0. The number of hydrogen-bond donors (Lipinski definition) is 2. The van der Waals surface area contributed by atoms with Gasteiger partial charge in [0.25, 0.3) is 0 Å². The number of amides is 1. The van der Waals surface area contributed by atoms with Gasteiger partial charge in [0.15, 0.2) is 0 Å². The van der Waals surface area contributed by atoms with E-state index in [2.05, 4.69) is 17.2 Å². The quantitative estimate of drug-likeness (QED) is 0.576. The van der Waals surface area contributed by atoms with Gasteiger partial charge in [0.2, 0.25) is 5.91 Å².